The van der Waals surface area contributed by atoms with Gasteiger partial charge < -0.3 is 4.90 Å². The van der Waals surface area contributed by atoms with Crippen molar-refractivity contribution in [3.05, 3.63) is 88.3 Å². The molecule has 0 aliphatic carbocycles. The van der Waals surface area contributed by atoms with Crippen molar-refractivity contribution in [3.63, 3.8) is 0 Å². The molecule has 0 unspecified atom stereocenters. The van der Waals surface area contributed by atoms with E-state index in [2.05, 4.69) is 27.5 Å². The monoisotopic (exact) mass is 388 g/mol. The fourth-order valence-corrected chi connectivity index (χ4v) is 3.22. The molecule has 0 N–H and O–H groups in total. The van der Waals surface area contributed by atoms with E-state index in [1.807, 2.05) is 43.3 Å². The Morgan fingerprint density at radius 3 is 2.33 bits per heavy atom. The second-order valence-corrected chi connectivity index (χ2v) is 6.14. The summed E-state index contributed by atoms with van der Waals surface area (Å²) in [5.41, 5.74) is 2.60. The molecule has 2 aromatic rings. The fourth-order valence-electron chi connectivity index (χ4n) is 2.78. The molecular weight excluding hydrogens is 374 g/mol. The third kappa shape index (κ3) is 2.80. The summed E-state index contributed by atoms with van der Waals surface area (Å²) >= 11 is 3.50. The van der Waals surface area contributed by atoms with Gasteiger partial charge >= 0.3 is 0 Å². The first-order valence-electron chi connectivity index (χ1n) is 7.47. The zero-order valence-electron chi connectivity index (χ0n) is 13.1. The molecule has 3 rings (SSSR count). The van der Waals surface area contributed by atoms with Gasteiger partial charge in [0.2, 0.25) is 0 Å². The van der Waals surface area contributed by atoms with Crippen LogP contribution in [-0.2, 0) is 0 Å². The van der Waals surface area contributed by atoms with E-state index in [9.17, 15) is 8.78 Å². The van der Waals surface area contributed by atoms with Crippen LogP contribution >= 0.6 is 15.9 Å². The number of hydrogen-bond donors (Lipinski definition) is 0. The molecule has 2 heterocycles. The summed E-state index contributed by atoms with van der Waals surface area (Å²) in [7, 11) is 0. The summed E-state index contributed by atoms with van der Waals surface area (Å²) in [6.45, 7) is 6.46. The van der Waals surface area contributed by atoms with Crippen molar-refractivity contribution in [3.8, 4) is 0 Å². The number of nitrogens with zero attached hydrogens (tertiary/aromatic N) is 2. The third-order valence-corrected chi connectivity index (χ3v) is 4.58. The van der Waals surface area contributed by atoms with Crippen molar-refractivity contribution in [2.75, 3.05) is 6.54 Å². The van der Waals surface area contributed by atoms with Gasteiger partial charge in [-0.15, -0.1) is 0 Å². The van der Waals surface area contributed by atoms with Crippen LogP contribution in [0.5, 0.6) is 0 Å². The quantitative estimate of drug-likeness (QED) is 0.703. The van der Waals surface area contributed by atoms with Crippen molar-refractivity contribution in [1.82, 2.24) is 9.88 Å². The number of aromatic nitrogens is 1. The standard InChI is InChI=1S/C19H15BrF2N2/c1-3-24-12(2)15(20)9-14(13-7-5-4-6-8-13)19(24)18-16(21)10-23-11-17(18)22/h4-11H,2-3H2,1H3. The van der Waals surface area contributed by atoms with Crippen LogP contribution in [-0.4, -0.2) is 16.4 Å². The minimum Gasteiger partial charge on any atom is -0.340 e. The van der Waals surface area contributed by atoms with Crippen LogP contribution in [0.1, 0.15) is 18.1 Å². The van der Waals surface area contributed by atoms with Crippen LogP contribution in [0.3, 0.4) is 0 Å². The molecule has 0 saturated heterocycles. The predicted molar refractivity (Wildman–Crippen MR) is 95.9 cm³/mol. The summed E-state index contributed by atoms with van der Waals surface area (Å²) in [5.74, 6) is -1.40. The fraction of sp³-hybridized carbons (Fsp3) is 0.105. The molecule has 1 aromatic carbocycles. The molecule has 24 heavy (non-hydrogen) atoms. The van der Waals surface area contributed by atoms with Gasteiger partial charge in [0.15, 0.2) is 11.6 Å². The highest BCUT2D eigenvalue weighted by Gasteiger charge is 2.28. The zero-order valence-corrected chi connectivity index (χ0v) is 14.6. The van der Waals surface area contributed by atoms with Crippen LogP contribution < -0.4 is 0 Å². The topological polar surface area (TPSA) is 16.1 Å². The average Bonchev–Trinajstić information content (AvgIpc) is 2.58. The van der Waals surface area contributed by atoms with E-state index in [1.54, 1.807) is 4.90 Å². The van der Waals surface area contributed by atoms with Crippen LogP contribution in [0.2, 0.25) is 0 Å². The van der Waals surface area contributed by atoms with Crippen molar-refractivity contribution in [2.24, 2.45) is 0 Å². The van der Waals surface area contributed by atoms with E-state index in [-0.39, 0.29) is 5.56 Å². The molecule has 0 atom stereocenters. The Morgan fingerprint density at radius 1 is 1.12 bits per heavy atom. The van der Waals surface area contributed by atoms with Gasteiger partial charge in [-0.2, -0.15) is 0 Å². The summed E-state index contributed by atoms with van der Waals surface area (Å²) < 4.78 is 29.6. The molecule has 2 nitrogen and oxygen atoms in total. The van der Waals surface area contributed by atoms with Crippen molar-refractivity contribution >= 4 is 27.2 Å². The molecular formula is C19H15BrF2N2. The number of likely N-dealkylation sites (N-methyl/N-ethyl adjacent to an activating group) is 1. The second kappa shape index (κ2) is 6.69. The number of pyridine rings is 1. The van der Waals surface area contributed by atoms with Crippen LogP contribution in [0.4, 0.5) is 8.78 Å². The lowest BCUT2D eigenvalue weighted by Gasteiger charge is -2.34. The van der Waals surface area contributed by atoms with E-state index in [0.717, 1.165) is 28.0 Å². The molecule has 0 spiro atoms. The zero-order chi connectivity index (χ0) is 17.3. The van der Waals surface area contributed by atoms with Gasteiger partial charge in [0.05, 0.1) is 23.7 Å². The normalized spacial score (nSPS) is 14.9. The van der Waals surface area contributed by atoms with Gasteiger partial charge in [-0.3, -0.25) is 4.98 Å². The Balaban J connectivity index is 2.37. The smallest absolute Gasteiger partial charge is 0.153 e. The highest BCUT2D eigenvalue weighted by atomic mass is 79.9. The SMILES string of the molecule is C=C1C(Br)=CC(c2ccccc2)=C(c2c(F)cncc2F)N1CC. The Kier molecular flexibility index (Phi) is 4.62. The first-order chi connectivity index (χ1) is 11.5. The largest absolute Gasteiger partial charge is 0.340 e. The van der Waals surface area contributed by atoms with Crippen molar-refractivity contribution < 1.29 is 8.78 Å². The number of benzene rings is 1. The molecule has 1 aromatic heterocycles. The van der Waals surface area contributed by atoms with Gasteiger partial charge in [-0.25, -0.2) is 8.78 Å². The summed E-state index contributed by atoms with van der Waals surface area (Å²) in [6.07, 6.45) is 3.90. The van der Waals surface area contributed by atoms with Gasteiger partial charge in [0, 0.05) is 22.3 Å². The number of hydrogen-bond acceptors (Lipinski definition) is 2. The minimum absolute atomic E-state index is 0.0943. The maximum atomic E-state index is 14.4. The van der Waals surface area contributed by atoms with Crippen LogP contribution in [0, 0.1) is 11.6 Å². The maximum absolute atomic E-state index is 14.4. The van der Waals surface area contributed by atoms with Crippen molar-refractivity contribution in [2.45, 2.75) is 6.92 Å². The summed E-state index contributed by atoms with van der Waals surface area (Å²) in [5, 5.41) is 0. The van der Waals surface area contributed by atoms with E-state index in [1.165, 1.54) is 0 Å². The lowest BCUT2D eigenvalue weighted by atomic mass is 9.95. The first-order valence-corrected chi connectivity index (χ1v) is 8.27. The number of rotatable bonds is 3. The lowest BCUT2D eigenvalue weighted by Crippen LogP contribution is -2.25. The molecule has 1 aliphatic rings. The van der Waals surface area contributed by atoms with E-state index in [0.29, 0.717) is 17.9 Å². The molecule has 5 heteroatoms. The minimum atomic E-state index is -0.698. The summed E-state index contributed by atoms with van der Waals surface area (Å²) in [6, 6.07) is 9.49. The Morgan fingerprint density at radius 2 is 1.75 bits per heavy atom. The number of allylic oxidation sites excluding steroid dienone is 3. The molecule has 0 saturated carbocycles. The Hall–Kier alpha value is -2.27. The maximum Gasteiger partial charge on any atom is 0.153 e. The van der Waals surface area contributed by atoms with Gasteiger partial charge in [0.25, 0.3) is 0 Å². The predicted octanol–water partition coefficient (Wildman–Crippen LogP) is 5.36. The molecule has 0 amide bonds. The molecule has 122 valence electrons. The molecule has 0 radical (unpaired) electrons. The number of halogens is 3. The van der Waals surface area contributed by atoms with E-state index < -0.39 is 11.6 Å². The van der Waals surface area contributed by atoms with E-state index in [4.69, 9.17) is 0 Å². The van der Waals surface area contributed by atoms with Crippen molar-refractivity contribution in [1.29, 1.82) is 0 Å². The van der Waals surface area contributed by atoms with Crippen LogP contribution in [0.25, 0.3) is 11.3 Å². The average molecular weight is 389 g/mol. The van der Waals surface area contributed by atoms with Gasteiger partial charge in [-0.1, -0.05) is 36.9 Å². The summed E-state index contributed by atoms with van der Waals surface area (Å²) in [4.78, 5) is 5.38. The van der Waals surface area contributed by atoms with Gasteiger partial charge in [-0.05, 0) is 34.5 Å². The molecule has 0 fully saturated rings. The second-order valence-electron chi connectivity index (χ2n) is 5.29. The molecule has 0 bridgehead atoms. The Bertz CT molecular complexity index is 837. The van der Waals surface area contributed by atoms with Gasteiger partial charge in [0.1, 0.15) is 0 Å². The van der Waals surface area contributed by atoms with Crippen LogP contribution in [0.15, 0.2) is 65.6 Å². The first kappa shape index (κ1) is 16.6. The highest BCUT2D eigenvalue weighted by Crippen LogP contribution is 2.42. The Labute approximate surface area is 148 Å². The third-order valence-electron chi connectivity index (χ3n) is 3.89. The highest BCUT2D eigenvalue weighted by molar-refractivity contribution is 9.12. The lowest BCUT2D eigenvalue weighted by molar-refractivity contribution is 0.506. The van der Waals surface area contributed by atoms with E-state index >= 15 is 0 Å². The molecule has 1 aliphatic heterocycles.